The highest BCUT2D eigenvalue weighted by Crippen LogP contribution is 2.55. The molecule has 4 heteroatoms. The first-order chi connectivity index (χ1) is 11.3. The van der Waals surface area contributed by atoms with Crippen LogP contribution in [0, 0.1) is 22.7 Å². The van der Waals surface area contributed by atoms with Gasteiger partial charge in [-0.15, -0.1) is 0 Å². The summed E-state index contributed by atoms with van der Waals surface area (Å²) in [7, 11) is 4.64. The number of nitrogens with zero attached hydrogens (tertiary/aromatic N) is 2. The first kappa shape index (κ1) is 17.3. The molecule has 0 amide bonds. The number of likely N-dealkylation sites (N-methyl/N-ethyl adjacent to an activating group) is 2. The van der Waals surface area contributed by atoms with Gasteiger partial charge in [0.1, 0.15) is 0 Å². The van der Waals surface area contributed by atoms with Crippen molar-refractivity contribution in [3.8, 4) is 0 Å². The molecule has 0 spiro atoms. The summed E-state index contributed by atoms with van der Waals surface area (Å²) in [6.07, 6.45) is 3.47. The predicted molar refractivity (Wildman–Crippen MR) is 96.1 cm³/mol. The highest BCUT2D eigenvalue weighted by atomic mass is 16.5. The van der Waals surface area contributed by atoms with Gasteiger partial charge in [-0.05, 0) is 26.9 Å². The quantitative estimate of drug-likeness (QED) is 0.770. The summed E-state index contributed by atoms with van der Waals surface area (Å²) in [4.78, 5) is 5.22. The van der Waals surface area contributed by atoms with E-state index in [9.17, 15) is 0 Å². The molecule has 4 rings (SSSR count). The molecule has 2 aliphatic carbocycles. The van der Waals surface area contributed by atoms with Crippen LogP contribution in [0.25, 0.3) is 0 Å². The van der Waals surface area contributed by atoms with Crippen molar-refractivity contribution in [2.45, 2.75) is 64.8 Å². The predicted octanol–water partition coefficient (Wildman–Crippen LogP) is 2.48. The first-order valence-corrected chi connectivity index (χ1v) is 9.90. The van der Waals surface area contributed by atoms with Crippen molar-refractivity contribution < 1.29 is 9.47 Å². The first-order valence-electron chi connectivity index (χ1n) is 9.90. The molecule has 4 aliphatic rings. The van der Waals surface area contributed by atoms with E-state index >= 15 is 0 Å². The fourth-order valence-electron chi connectivity index (χ4n) is 6.98. The summed E-state index contributed by atoms with van der Waals surface area (Å²) in [6.45, 7) is 13.8. The molecule has 2 saturated heterocycles. The van der Waals surface area contributed by atoms with Gasteiger partial charge in [-0.25, -0.2) is 0 Å². The molecule has 0 unspecified atom stereocenters. The topological polar surface area (TPSA) is 24.9 Å². The van der Waals surface area contributed by atoms with Crippen molar-refractivity contribution in [1.82, 2.24) is 9.80 Å². The summed E-state index contributed by atoms with van der Waals surface area (Å²) in [5.74, 6) is 1.51. The highest BCUT2D eigenvalue weighted by molar-refractivity contribution is 5.13. The molecule has 0 aromatic heterocycles. The summed E-state index contributed by atoms with van der Waals surface area (Å²) in [6, 6.07) is 1.35. The Balaban J connectivity index is 1.34. The molecule has 24 heavy (non-hydrogen) atoms. The van der Waals surface area contributed by atoms with E-state index in [0.717, 1.165) is 38.1 Å². The molecular weight excluding hydrogens is 300 g/mol. The van der Waals surface area contributed by atoms with E-state index in [1.807, 2.05) is 0 Å². The maximum absolute atomic E-state index is 5.96. The Hall–Kier alpha value is -0.160. The van der Waals surface area contributed by atoms with Gasteiger partial charge in [0.25, 0.3) is 0 Å². The van der Waals surface area contributed by atoms with Crippen LogP contribution in [0.2, 0.25) is 0 Å². The Morgan fingerprint density at radius 1 is 0.750 bits per heavy atom. The van der Waals surface area contributed by atoms with E-state index in [2.05, 4.69) is 51.6 Å². The van der Waals surface area contributed by atoms with Crippen LogP contribution in [0.5, 0.6) is 0 Å². The van der Waals surface area contributed by atoms with Gasteiger partial charge in [0.05, 0.1) is 12.2 Å². The highest BCUT2D eigenvalue weighted by Gasteiger charge is 2.62. The Kier molecular flexibility index (Phi) is 4.08. The normalized spacial score (nSPS) is 45.0. The van der Waals surface area contributed by atoms with Gasteiger partial charge in [0.15, 0.2) is 0 Å². The second-order valence-corrected chi connectivity index (χ2v) is 9.98. The van der Waals surface area contributed by atoms with Crippen LogP contribution >= 0.6 is 0 Å². The lowest BCUT2D eigenvalue weighted by atomic mass is 9.56. The standard InChI is InChI=1S/C20H36N2O2/c1-19(2)15(13-7-11-23-17(13)19)21(5)9-10-22(6)16-14-8-12-24-18(14)20(16,3)4/h13-18H,7-12H2,1-6H3/t13-,14+,15-,16-,17-,18+/m1/s1. The van der Waals surface area contributed by atoms with Crippen molar-refractivity contribution >= 4 is 0 Å². The van der Waals surface area contributed by atoms with Gasteiger partial charge in [-0.1, -0.05) is 27.7 Å². The minimum absolute atomic E-state index is 0.300. The van der Waals surface area contributed by atoms with E-state index < -0.39 is 0 Å². The van der Waals surface area contributed by atoms with Crippen molar-refractivity contribution in [2.24, 2.45) is 22.7 Å². The van der Waals surface area contributed by atoms with Gasteiger partial charge >= 0.3 is 0 Å². The average Bonchev–Trinajstić information content (AvgIpc) is 3.11. The fraction of sp³-hybridized carbons (Fsp3) is 1.00. The molecule has 4 fully saturated rings. The zero-order chi connectivity index (χ0) is 17.3. The fourth-order valence-corrected chi connectivity index (χ4v) is 6.98. The number of rotatable bonds is 5. The van der Waals surface area contributed by atoms with E-state index in [0.29, 0.717) is 35.1 Å². The SMILES string of the molecule is CN(CCN(C)[C@@H]1[C@@H]2CCO[C@@H]2C1(C)C)[C@@H]1[C@H]2CCO[C@H]2C1(C)C. The molecule has 0 N–H and O–H groups in total. The Morgan fingerprint density at radius 2 is 1.12 bits per heavy atom. The summed E-state index contributed by atoms with van der Waals surface area (Å²) in [5.41, 5.74) is 0.600. The Bertz CT molecular complexity index is 448. The van der Waals surface area contributed by atoms with Crippen LogP contribution in [-0.2, 0) is 9.47 Å². The molecule has 6 atom stereocenters. The largest absolute Gasteiger partial charge is 0.377 e. The number of ether oxygens (including phenoxy) is 2. The third-order valence-corrected chi connectivity index (χ3v) is 7.83. The smallest absolute Gasteiger partial charge is 0.0685 e. The van der Waals surface area contributed by atoms with Crippen molar-refractivity contribution in [3.63, 3.8) is 0 Å². The van der Waals surface area contributed by atoms with Gasteiger partial charge in [0, 0.05) is 61.1 Å². The summed E-state index contributed by atoms with van der Waals surface area (Å²) in [5, 5.41) is 0. The third kappa shape index (κ3) is 2.26. The van der Waals surface area contributed by atoms with Crippen LogP contribution in [0.4, 0.5) is 0 Å². The average molecular weight is 337 g/mol. The molecule has 2 aliphatic heterocycles. The lowest BCUT2D eigenvalue weighted by Gasteiger charge is -2.59. The van der Waals surface area contributed by atoms with Gasteiger partial charge in [-0.3, -0.25) is 0 Å². The molecule has 0 aromatic carbocycles. The zero-order valence-electron chi connectivity index (χ0n) is 16.4. The molecule has 0 aromatic rings. The van der Waals surface area contributed by atoms with Crippen molar-refractivity contribution in [2.75, 3.05) is 40.4 Å². The third-order valence-electron chi connectivity index (χ3n) is 7.83. The number of fused-ring (bicyclic) bond motifs is 2. The molecular formula is C20H36N2O2. The monoisotopic (exact) mass is 336 g/mol. The van der Waals surface area contributed by atoms with Gasteiger partial charge < -0.3 is 19.3 Å². The molecule has 0 radical (unpaired) electrons. The summed E-state index contributed by atoms with van der Waals surface area (Å²) >= 11 is 0. The number of hydrogen-bond acceptors (Lipinski definition) is 4. The Morgan fingerprint density at radius 3 is 1.50 bits per heavy atom. The maximum atomic E-state index is 5.96. The molecule has 2 heterocycles. The van der Waals surface area contributed by atoms with Crippen molar-refractivity contribution in [1.29, 1.82) is 0 Å². The maximum Gasteiger partial charge on any atom is 0.0685 e. The van der Waals surface area contributed by atoms with Crippen LogP contribution in [0.3, 0.4) is 0 Å². The van der Waals surface area contributed by atoms with E-state index in [1.165, 1.54) is 12.8 Å². The minimum Gasteiger partial charge on any atom is -0.377 e. The molecule has 4 nitrogen and oxygen atoms in total. The lowest BCUT2D eigenvalue weighted by Crippen LogP contribution is -2.68. The van der Waals surface area contributed by atoms with E-state index in [4.69, 9.17) is 9.47 Å². The van der Waals surface area contributed by atoms with E-state index in [1.54, 1.807) is 0 Å². The molecule has 0 bridgehead atoms. The Labute approximate surface area is 147 Å². The van der Waals surface area contributed by atoms with Crippen LogP contribution < -0.4 is 0 Å². The van der Waals surface area contributed by atoms with Crippen LogP contribution in [-0.4, -0.2) is 74.5 Å². The van der Waals surface area contributed by atoms with Crippen LogP contribution in [0.15, 0.2) is 0 Å². The molecule has 138 valence electrons. The summed E-state index contributed by atoms with van der Waals surface area (Å²) < 4.78 is 11.9. The van der Waals surface area contributed by atoms with Crippen molar-refractivity contribution in [3.05, 3.63) is 0 Å². The second kappa shape index (κ2) is 5.67. The lowest BCUT2D eigenvalue weighted by molar-refractivity contribution is -0.161. The minimum atomic E-state index is 0.300. The zero-order valence-corrected chi connectivity index (χ0v) is 16.4. The number of hydrogen-bond donors (Lipinski definition) is 0. The second-order valence-electron chi connectivity index (χ2n) is 9.98. The van der Waals surface area contributed by atoms with Crippen LogP contribution in [0.1, 0.15) is 40.5 Å². The van der Waals surface area contributed by atoms with Gasteiger partial charge in [0.2, 0.25) is 0 Å². The van der Waals surface area contributed by atoms with Gasteiger partial charge in [-0.2, -0.15) is 0 Å². The van der Waals surface area contributed by atoms with E-state index in [-0.39, 0.29) is 0 Å². The molecule has 2 saturated carbocycles.